The van der Waals surface area contributed by atoms with Crippen molar-refractivity contribution >= 4 is 15.7 Å². The highest BCUT2D eigenvalue weighted by Crippen LogP contribution is 2.30. The molecule has 1 aromatic carbocycles. The summed E-state index contributed by atoms with van der Waals surface area (Å²) in [5.41, 5.74) is 2.61. The molecule has 150 valence electrons. The van der Waals surface area contributed by atoms with E-state index in [0.717, 1.165) is 51.4 Å². The van der Waals surface area contributed by atoms with Gasteiger partial charge in [0.25, 0.3) is 0 Å². The Balaban J connectivity index is 1.40. The van der Waals surface area contributed by atoms with Crippen molar-refractivity contribution in [3.8, 4) is 5.75 Å². The molecule has 0 saturated carbocycles. The van der Waals surface area contributed by atoms with Crippen LogP contribution in [0.4, 0.5) is 5.95 Å². The minimum atomic E-state index is -2.77. The zero-order chi connectivity index (χ0) is 19.7. The van der Waals surface area contributed by atoms with E-state index in [1.165, 1.54) is 29.8 Å². The van der Waals surface area contributed by atoms with Gasteiger partial charge in [0.05, 0.1) is 21.2 Å². The number of hydrogen-bond acceptors (Lipinski definition) is 7. The molecule has 28 heavy (non-hydrogen) atoms. The molecule has 0 aliphatic carbocycles. The molecule has 0 amide bonds. The van der Waals surface area contributed by atoms with Crippen LogP contribution in [0, 0.1) is 4.78 Å². The van der Waals surface area contributed by atoms with Gasteiger partial charge in [-0.1, -0.05) is 12.1 Å². The van der Waals surface area contributed by atoms with Gasteiger partial charge in [0, 0.05) is 50.9 Å². The summed E-state index contributed by atoms with van der Waals surface area (Å²) < 4.78 is 25.2. The zero-order valence-corrected chi connectivity index (χ0v) is 17.2. The van der Waals surface area contributed by atoms with E-state index < -0.39 is 9.73 Å². The zero-order valence-electron chi connectivity index (χ0n) is 16.4. The summed E-state index contributed by atoms with van der Waals surface area (Å²) in [5.74, 6) is 1.69. The van der Waals surface area contributed by atoms with Gasteiger partial charge in [-0.15, -0.1) is 0 Å². The minimum absolute atomic E-state index is 0.328. The minimum Gasteiger partial charge on any atom is -0.493 e. The van der Waals surface area contributed by atoms with Gasteiger partial charge in [-0.05, 0) is 37.0 Å². The van der Waals surface area contributed by atoms with Crippen LogP contribution in [0.1, 0.15) is 30.5 Å². The number of benzene rings is 1. The van der Waals surface area contributed by atoms with E-state index in [9.17, 15) is 4.21 Å². The van der Waals surface area contributed by atoms with Crippen LogP contribution in [0.2, 0.25) is 0 Å². The Morgan fingerprint density at radius 1 is 1.18 bits per heavy atom. The molecule has 3 heterocycles. The molecular weight excluding hydrogens is 374 g/mol. The molecule has 2 aromatic rings. The Morgan fingerprint density at radius 3 is 2.57 bits per heavy atom. The normalized spacial score (nSPS) is 20.7. The van der Waals surface area contributed by atoms with Crippen LogP contribution < -0.4 is 9.64 Å². The number of aryl methyl sites for hydroxylation is 1. The fourth-order valence-electron chi connectivity index (χ4n) is 3.81. The van der Waals surface area contributed by atoms with Crippen LogP contribution in [0.3, 0.4) is 0 Å². The summed E-state index contributed by atoms with van der Waals surface area (Å²) in [6.07, 6.45) is 6.62. The summed E-state index contributed by atoms with van der Waals surface area (Å²) in [6.45, 7) is 6.59. The van der Waals surface area contributed by atoms with E-state index in [1.807, 2.05) is 0 Å². The third-order valence-corrected chi connectivity index (χ3v) is 6.74. The molecule has 0 bridgehead atoms. The number of fused-ring (bicyclic) bond motifs is 1. The number of rotatable bonds is 4. The molecule has 2 unspecified atom stereocenters. The Kier molecular flexibility index (Phi) is 5.25. The van der Waals surface area contributed by atoms with Gasteiger partial charge in [0.2, 0.25) is 5.95 Å². The highest BCUT2D eigenvalue weighted by atomic mass is 32.2. The van der Waals surface area contributed by atoms with Crippen LogP contribution >= 0.6 is 0 Å². The van der Waals surface area contributed by atoms with E-state index in [-0.39, 0.29) is 0 Å². The molecule has 4 rings (SSSR count). The van der Waals surface area contributed by atoms with Crippen molar-refractivity contribution in [1.82, 2.24) is 14.9 Å². The standard InChI is InChI=1S/C20H27N5O2S/c1-15(17-6-5-16-4-3-11-27-19(16)12-17)24-7-9-25(10-8-24)20-22-13-18(14-23-20)28(2,21)26/h5-6,12-15,21H,3-4,7-11H2,1-2H3. The lowest BCUT2D eigenvalue weighted by Gasteiger charge is -2.38. The summed E-state index contributed by atoms with van der Waals surface area (Å²) >= 11 is 0. The number of nitrogens with zero attached hydrogens (tertiary/aromatic N) is 4. The first-order valence-corrected chi connectivity index (χ1v) is 11.7. The maximum Gasteiger partial charge on any atom is 0.225 e. The molecule has 2 aliphatic heterocycles. The second kappa shape index (κ2) is 7.67. The van der Waals surface area contributed by atoms with Crippen molar-refractivity contribution in [3.05, 3.63) is 41.7 Å². The Morgan fingerprint density at radius 2 is 1.89 bits per heavy atom. The maximum absolute atomic E-state index is 11.8. The molecular formula is C20H27N5O2S. The van der Waals surface area contributed by atoms with Gasteiger partial charge < -0.3 is 9.64 Å². The fraction of sp³-hybridized carbons (Fsp3) is 0.500. The SMILES string of the molecule is CC(c1ccc2c(c1)OCCC2)N1CCN(c2ncc(S(C)(=N)=O)cn2)CC1. The average Bonchev–Trinajstić information content (AvgIpc) is 2.72. The summed E-state index contributed by atoms with van der Waals surface area (Å²) in [6, 6.07) is 6.98. The van der Waals surface area contributed by atoms with Gasteiger partial charge >= 0.3 is 0 Å². The fourth-order valence-corrected chi connectivity index (χ4v) is 4.32. The van der Waals surface area contributed by atoms with Crippen LogP contribution in [-0.2, 0) is 16.1 Å². The van der Waals surface area contributed by atoms with Gasteiger partial charge in [-0.25, -0.2) is 19.0 Å². The first kappa shape index (κ1) is 19.1. The lowest BCUT2D eigenvalue weighted by Crippen LogP contribution is -2.47. The van der Waals surface area contributed by atoms with Gasteiger partial charge in [-0.3, -0.25) is 4.90 Å². The quantitative estimate of drug-likeness (QED) is 0.848. The second-order valence-corrected chi connectivity index (χ2v) is 9.74. The van der Waals surface area contributed by atoms with Crippen molar-refractivity contribution in [2.75, 3.05) is 43.9 Å². The molecule has 1 aromatic heterocycles. The molecule has 2 atom stereocenters. The molecule has 1 saturated heterocycles. The third-order valence-electron chi connectivity index (χ3n) is 5.63. The number of piperazine rings is 1. The maximum atomic E-state index is 11.8. The summed E-state index contributed by atoms with van der Waals surface area (Å²) in [5, 5.41) is 0. The summed E-state index contributed by atoms with van der Waals surface area (Å²) in [7, 11) is -2.77. The number of anilines is 1. The van der Waals surface area contributed by atoms with Crippen LogP contribution in [0.15, 0.2) is 35.5 Å². The number of hydrogen-bond donors (Lipinski definition) is 1. The molecule has 8 heteroatoms. The van der Waals surface area contributed by atoms with E-state index in [4.69, 9.17) is 9.52 Å². The summed E-state index contributed by atoms with van der Waals surface area (Å²) in [4.78, 5) is 13.6. The smallest absolute Gasteiger partial charge is 0.225 e. The molecule has 0 spiro atoms. The van der Waals surface area contributed by atoms with E-state index in [2.05, 4.69) is 44.9 Å². The Labute approximate surface area is 166 Å². The predicted molar refractivity (Wildman–Crippen MR) is 110 cm³/mol. The van der Waals surface area contributed by atoms with Crippen molar-refractivity contribution in [1.29, 1.82) is 4.78 Å². The lowest BCUT2D eigenvalue weighted by atomic mass is 10.00. The highest BCUT2D eigenvalue weighted by Gasteiger charge is 2.24. The second-order valence-electron chi connectivity index (χ2n) is 7.58. The lowest BCUT2D eigenvalue weighted by molar-refractivity contribution is 0.197. The Hall–Kier alpha value is -2.19. The first-order chi connectivity index (χ1) is 13.4. The van der Waals surface area contributed by atoms with Crippen molar-refractivity contribution < 1.29 is 8.95 Å². The van der Waals surface area contributed by atoms with Crippen molar-refractivity contribution in [2.24, 2.45) is 0 Å². The third kappa shape index (κ3) is 3.98. The molecule has 2 aliphatic rings. The van der Waals surface area contributed by atoms with Crippen LogP contribution in [-0.4, -0.2) is 58.1 Å². The molecule has 7 nitrogen and oxygen atoms in total. The van der Waals surface area contributed by atoms with Crippen molar-refractivity contribution in [3.63, 3.8) is 0 Å². The predicted octanol–water partition coefficient (Wildman–Crippen LogP) is 2.72. The monoisotopic (exact) mass is 401 g/mol. The first-order valence-electron chi connectivity index (χ1n) is 9.72. The average molecular weight is 402 g/mol. The molecule has 1 N–H and O–H groups in total. The van der Waals surface area contributed by atoms with Gasteiger partial charge in [0.1, 0.15) is 5.75 Å². The Bertz CT molecular complexity index is 938. The molecule has 1 fully saturated rings. The van der Waals surface area contributed by atoms with Crippen molar-refractivity contribution in [2.45, 2.75) is 30.7 Å². The number of ether oxygens (including phenoxy) is 1. The largest absolute Gasteiger partial charge is 0.493 e. The van der Waals surface area contributed by atoms with E-state index in [0.29, 0.717) is 16.9 Å². The van der Waals surface area contributed by atoms with Gasteiger partial charge in [0.15, 0.2) is 0 Å². The highest BCUT2D eigenvalue weighted by molar-refractivity contribution is 7.91. The number of nitrogens with one attached hydrogen (secondary N) is 1. The van der Waals surface area contributed by atoms with E-state index >= 15 is 0 Å². The van der Waals surface area contributed by atoms with E-state index in [1.54, 1.807) is 0 Å². The van der Waals surface area contributed by atoms with Crippen LogP contribution in [0.5, 0.6) is 5.75 Å². The number of aromatic nitrogens is 2. The van der Waals surface area contributed by atoms with Crippen LogP contribution in [0.25, 0.3) is 0 Å². The van der Waals surface area contributed by atoms with Gasteiger partial charge in [-0.2, -0.15) is 0 Å². The molecule has 0 radical (unpaired) electrons. The topological polar surface area (TPSA) is 82.4 Å².